The van der Waals surface area contributed by atoms with Crippen LogP contribution in [0.2, 0.25) is 5.02 Å². The second-order valence-corrected chi connectivity index (χ2v) is 4.82. The zero-order valence-corrected chi connectivity index (χ0v) is 10.4. The Bertz CT molecular complexity index is 359. The second kappa shape index (κ2) is 5.13. The number of hydrogen-bond acceptors (Lipinski definition) is 3. The number of aromatic nitrogens is 1. The first kappa shape index (κ1) is 11.8. The van der Waals surface area contributed by atoms with Crippen LogP contribution in [0.3, 0.4) is 0 Å². The van der Waals surface area contributed by atoms with E-state index in [0.29, 0.717) is 12.1 Å². The first-order chi connectivity index (χ1) is 7.65. The Morgan fingerprint density at radius 3 is 3.12 bits per heavy atom. The highest BCUT2D eigenvalue weighted by Crippen LogP contribution is 2.16. The van der Waals surface area contributed by atoms with Gasteiger partial charge in [0, 0.05) is 30.4 Å². The minimum atomic E-state index is 0.301. The predicted molar refractivity (Wildman–Crippen MR) is 64.5 cm³/mol. The number of rotatable bonds is 2. The van der Waals surface area contributed by atoms with Crippen molar-refractivity contribution in [2.45, 2.75) is 32.5 Å². The molecule has 1 saturated heterocycles. The molecule has 0 N–H and O–H groups in total. The molecule has 1 aliphatic heterocycles. The zero-order valence-electron chi connectivity index (χ0n) is 9.69. The van der Waals surface area contributed by atoms with Crippen LogP contribution in [0.1, 0.15) is 19.5 Å². The van der Waals surface area contributed by atoms with E-state index in [1.54, 1.807) is 12.3 Å². The Morgan fingerprint density at radius 1 is 1.56 bits per heavy atom. The summed E-state index contributed by atoms with van der Waals surface area (Å²) >= 11 is 5.94. The number of ether oxygens (including phenoxy) is 1. The van der Waals surface area contributed by atoms with Crippen LogP contribution in [0.25, 0.3) is 0 Å². The first-order valence-corrected chi connectivity index (χ1v) is 5.99. The SMILES string of the molecule is CC1CN(Cc2cc(Cl)ccn2)C(C)CO1. The summed E-state index contributed by atoms with van der Waals surface area (Å²) in [7, 11) is 0. The molecule has 1 aromatic heterocycles. The molecule has 4 heteroatoms. The lowest BCUT2D eigenvalue weighted by Crippen LogP contribution is -2.46. The van der Waals surface area contributed by atoms with Gasteiger partial charge in [0.25, 0.3) is 0 Å². The van der Waals surface area contributed by atoms with Crippen LogP contribution in [0, 0.1) is 0 Å². The van der Waals surface area contributed by atoms with Gasteiger partial charge in [0.05, 0.1) is 18.4 Å². The number of halogens is 1. The molecular weight excluding hydrogens is 224 g/mol. The van der Waals surface area contributed by atoms with Gasteiger partial charge < -0.3 is 4.74 Å². The minimum Gasteiger partial charge on any atom is -0.376 e. The van der Waals surface area contributed by atoms with Gasteiger partial charge in [-0.05, 0) is 26.0 Å². The molecular formula is C12H17ClN2O. The van der Waals surface area contributed by atoms with Crippen LogP contribution >= 0.6 is 11.6 Å². The lowest BCUT2D eigenvalue weighted by molar-refractivity contribution is -0.0530. The molecule has 0 radical (unpaired) electrons. The Labute approximate surface area is 101 Å². The number of pyridine rings is 1. The van der Waals surface area contributed by atoms with Gasteiger partial charge in [-0.2, -0.15) is 0 Å². The van der Waals surface area contributed by atoms with Crippen LogP contribution in [0.15, 0.2) is 18.3 Å². The van der Waals surface area contributed by atoms with E-state index in [-0.39, 0.29) is 0 Å². The van der Waals surface area contributed by atoms with E-state index in [0.717, 1.165) is 30.4 Å². The highest BCUT2D eigenvalue weighted by atomic mass is 35.5. The quantitative estimate of drug-likeness (QED) is 0.794. The summed E-state index contributed by atoms with van der Waals surface area (Å²) in [5.74, 6) is 0. The van der Waals surface area contributed by atoms with Crippen molar-refractivity contribution in [3.63, 3.8) is 0 Å². The van der Waals surface area contributed by atoms with E-state index in [9.17, 15) is 0 Å². The van der Waals surface area contributed by atoms with Gasteiger partial charge in [-0.15, -0.1) is 0 Å². The molecule has 1 aliphatic rings. The maximum Gasteiger partial charge on any atom is 0.0674 e. The molecule has 1 fully saturated rings. The predicted octanol–water partition coefficient (Wildman–Crippen LogP) is 2.34. The highest BCUT2D eigenvalue weighted by Gasteiger charge is 2.23. The van der Waals surface area contributed by atoms with Crippen LogP contribution in [0.5, 0.6) is 0 Å². The molecule has 16 heavy (non-hydrogen) atoms. The Kier molecular flexibility index (Phi) is 3.79. The van der Waals surface area contributed by atoms with Crippen molar-refractivity contribution in [2.75, 3.05) is 13.2 Å². The third-order valence-electron chi connectivity index (χ3n) is 2.88. The Morgan fingerprint density at radius 2 is 2.38 bits per heavy atom. The molecule has 1 aromatic rings. The summed E-state index contributed by atoms with van der Waals surface area (Å²) in [5, 5.41) is 0.749. The van der Waals surface area contributed by atoms with Gasteiger partial charge in [0.1, 0.15) is 0 Å². The van der Waals surface area contributed by atoms with E-state index in [1.165, 1.54) is 0 Å². The molecule has 0 aromatic carbocycles. The fourth-order valence-electron chi connectivity index (χ4n) is 1.94. The van der Waals surface area contributed by atoms with E-state index >= 15 is 0 Å². The summed E-state index contributed by atoms with van der Waals surface area (Å²) < 4.78 is 5.59. The summed E-state index contributed by atoms with van der Waals surface area (Å²) in [5.41, 5.74) is 1.02. The number of nitrogens with zero attached hydrogens (tertiary/aromatic N) is 2. The fourth-order valence-corrected chi connectivity index (χ4v) is 2.12. The molecule has 0 aliphatic carbocycles. The van der Waals surface area contributed by atoms with Gasteiger partial charge >= 0.3 is 0 Å². The van der Waals surface area contributed by atoms with Crippen LogP contribution in [-0.2, 0) is 11.3 Å². The van der Waals surface area contributed by atoms with Crippen molar-refractivity contribution in [2.24, 2.45) is 0 Å². The molecule has 0 bridgehead atoms. The lowest BCUT2D eigenvalue weighted by Gasteiger charge is -2.36. The minimum absolute atomic E-state index is 0.301. The van der Waals surface area contributed by atoms with Crippen molar-refractivity contribution >= 4 is 11.6 Å². The maximum atomic E-state index is 5.94. The number of morpholine rings is 1. The van der Waals surface area contributed by atoms with Gasteiger partial charge in [-0.25, -0.2) is 0 Å². The van der Waals surface area contributed by atoms with Crippen molar-refractivity contribution in [3.05, 3.63) is 29.0 Å². The number of hydrogen-bond donors (Lipinski definition) is 0. The van der Waals surface area contributed by atoms with E-state index in [1.807, 2.05) is 6.07 Å². The first-order valence-electron chi connectivity index (χ1n) is 5.61. The van der Waals surface area contributed by atoms with Gasteiger partial charge in [0.2, 0.25) is 0 Å². The summed E-state index contributed by atoms with van der Waals surface area (Å²) in [6.45, 7) is 6.87. The second-order valence-electron chi connectivity index (χ2n) is 4.39. The Balaban J connectivity index is 2.02. The molecule has 2 rings (SSSR count). The van der Waals surface area contributed by atoms with E-state index in [2.05, 4.69) is 23.7 Å². The molecule has 0 spiro atoms. The molecule has 2 unspecified atom stereocenters. The van der Waals surface area contributed by atoms with Gasteiger partial charge in [-0.1, -0.05) is 11.6 Å². The average Bonchev–Trinajstić information content (AvgIpc) is 2.24. The third kappa shape index (κ3) is 2.94. The third-order valence-corrected chi connectivity index (χ3v) is 3.12. The van der Waals surface area contributed by atoms with Gasteiger partial charge in [-0.3, -0.25) is 9.88 Å². The Hall–Kier alpha value is -0.640. The molecule has 88 valence electrons. The normalized spacial score (nSPS) is 26.9. The van der Waals surface area contributed by atoms with Crippen LogP contribution in [-0.4, -0.2) is 35.2 Å². The van der Waals surface area contributed by atoms with Crippen molar-refractivity contribution in [1.82, 2.24) is 9.88 Å². The summed E-state index contributed by atoms with van der Waals surface area (Å²) in [4.78, 5) is 6.71. The monoisotopic (exact) mass is 240 g/mol. The largest absolute Gasteiger partial charge is 0.376 e. The highest BCUT2D eigenvalue weighted by molar-refractivity contribution is 6.30. The van der Waals surface area contributed by atoms with Crippen LogP contribution in [0.4, 0.5) is 0 Å². The topological polar surface area (TPSA) is 25.4 Å². The molecule has 0 amide bonds. The standard InChI is InChI=1S/C12H17ClN2O/c1-9-8-16-10(2)6-15(9)7-12-5-11(13)3-4-14-12/h3-5,9-10H,6-8H2,1-2H3. The zero-order chi connectivity index (χ0) is 11.5. The maximum absolute atomic E-state index is 5.94. The van der Waals surface area contributed by atoms with Crippen LogP contribution < -0.4 is 0 Å². The van der Waals surface area contributed by atoms with E-state index in [4.69, 9.17) is 16.3 Å². The van der Waals surface area contributed by atoms with Gasteiger partial charge in [0.15, 0.2) is 0 Å². The summed E-state index contributed by atoms with van der Waals surface area (Å²) in [6, 6.07) is 4.17. The van der Waals surface area contributed by atoms with Crippen molar-refractivity contribution < 1.29 is 4.74 Å². The fraction of sp³-hybridized carbons (Fsp3) is 0.583. The molecule has 3 nitrogen and oxygen atoms in total. The average molecular weight is 241 g/mol. The lowest BCUT2D eigenvalue weighted by atomic mass is 10.2. The molecule has 2 heterocycles. The molecule has 2 atom stereocenters. The van der Waals surface area contributed by atoms with Crippen molar-refractivity contribution in [1.29, 1.82) is 0 Å². The smallest absolute Gasteiger partial charge is 0.0674 e. The van der Waals surface area contributed by atoms with E-state index < -0.39 is 0 Å². The molecule has 0 saturated carbocycles. The summed E-state index contributed by atoms with van der Waals surface area (Å²) in [6.07, 6.45) is 2.06. The van der Waals surface area contributed by atoms with Crippen molar-refractivity contribution in [3.8, 4) is 0 Å².